The molecule has 0 bridgehead atoms. The number of fused-ring (bicyclic) bond motifs is 1. The third-order valence-corrected chi connectivity index (χ3v) is 4.07. The fraction of sp³-hybridized carbons (Fsp3) is 0.182. The number of furan rings is 1. The molecular formula is C11H9ClO5S. The van der Waals surface area contributed by atoms with Gasteiger partial charge in [-0.05, 0) is 25.0 Å². The third kappa shape index (κ3) is 1.97. The number of carboxylic acid groups (broad SMARTS) is 1. The van der Waals surface area contributed by atoms with Crippen molar-refractivity contribution in [2.75, 3.05) is 0 Å². The maximum Gasteiger partial charge on any atom is 0.371 e. The van der Waals surface area contributed by atoms with E-state index in [4.69, 9.17) is 20.2 Å². The molecule has 0 spiro atoms. The molecule has 0 aliphatic heterocycles. The van der Waals surface area contributed by atoms with Crippen LogP contribution in [0.2, 0.25) is 0 Å². The molecule has 0 saturated heterocycles. The molecule has 2 rings (SSSR count). The molecule has 0 radical (unpaired) electrons. The monoisotopic (exact) mass is 288 g/mol. The highest BCUT2D eigenvalue weighted by Gasteiger charge is 2.23. The maximum absolute atomic E-state index is 11.5. The molecule has 0 unspecified atom stereocenters. The van der Waals surface area contributed by atoms with Gasteiger partial charge in [-0.1, -0.05) is 6.07 Å². The van der Waals surface area contributed by atoms with Gasteiger partial charge in [-0.25, -0.2) is 13.2 Å². The minimum Gasteiger partial charge on any atom is -0.475 e. The summed E-state index contributed by atoms with van der Waals surface area (Å²) in [4.78, 5) is 10.7. The zero-order valence-corrected chi connectivity index (χ0v) is 11.1. The highest BCUT2D eigenvalue weighted by atomic mass is 35.7. The Hall–Kier alpha value is -1.53. The Morgan fingerprint density at radius 3 is 2.39 bits per heavy atom. The van der Waals surface area contributed by atoms with Gasteiger partial charge in [-0.3, -0.25) is 0 Å². The second-order valence-corrected chi connectivity index (χ2v) is 6.44. The molecule has 1 heterocycles. The standard InChI is InChI=1S/C11H9ClO5S/c1-5-3-6(2)10(18(12,15)16)7-4-8(11(13)14)17-9(5)7/h3-4H,1-2H3,(H,13,14). The van der Waals surface area contributed by atoms with E-state index in [9.17, 15) is 13.2 Å². The summed E-state index contributed by atoms with van der Waals surface area (Å²) in [6.45, 7) is 3.30. The normalized spacial score (nSPS) is 11.9. The van der Waals surface area contributed by atoms with Crippen LogP contribution in [0.4, 0.5) is 0 Å². The van der Waals surface area contributed by atoms with E-state index in [1.807, 2.05) is 0 Å². The molecule has 1 aromatic carbocycles. The summed E-state index contributed by atoms with van der Waals surface area (Å²) < 4.78 is 28.2. The van der Waals surface area contributed by atoms with Crippen molar-refractivity contribution in [3.05, 3.63) is 29.0 Å². The Morgan fingerprint density at radius 2 is 1.89 bits per heavy atom. The van der Waals surface area contributed by atoms with Gasteiger partial charge in [0.2, 0.25) is 5.76 Å². The second-order valence-electron chi connectivity index (χ2n) is 3.94. The Labute approximate surface area is 107 Å². The third-order valence-electron chi connectivity index (χ3n) is 2.58. The molecule has 96 valence electrons. The molecule has 0 fully saturated rings. The Kier molecular flexibility index (Phi) is 2.87. The first kappa shape index (κ1) is 12.9. The second kappa shape index (κ2) is 4.00. The lowest BCUT2D eigenvalue weighted by molar-refractivity contribution is 0.0665. The van der Waals surface area contributed by atoms with Gasteiger partial charge in [0.05, 0.1) is 4.90 Å². The maximum atomic E-state index is 11.5. The lowest BCUT2D eigenvalue weighted by Crippen LogP contribution is -1.96. The number of rotatable bonds is 2. The first-order valence-corrected chi connectivity index (χ1v) is 7.24. The molecule has 7 heteroatoms. The van der Waals surface area contributed by atoms with Crippen molar-refractivity contribution < 1.29 is 22.7 Å². The van der Waals surface area contributed by atoms with E-state index >= 15 is 0 Å². The molecule has 5 nitrogen and oxygen atoms in total. The van der Waals surface area contributed by atoms with Gasteiger partial charge in [0.25, 0.3) is 9.05 Å². The molecule has 0 aliphatic rings. The van der Waals surface area contributed by atoms with Crippen LogP contribution in [-0.4, -0.2) is 19.5 Å². The summed E-state index contributed by atoms with van der Waals surface area (Å²) in [5.41, 5.74) is 1.32. The van der Waals surface area contributed by atoms with Crippen LogP contribution in [0.5, 0.6) is 0 Å². The predicted octanol–water partition coefficient (Wildman–Crippen LogP) is 2.68. The van der Waals surface area contributed by atoms with Crippen LogP contribution in [0, 0.1) is 13.8 Å². The van der Waals surface area contributed by atoms with E-state index in [2.05, 4.69) is 0 Å². The lowest BCUT2D eigenvalue weighted by atomic mass is 10.1. The van der Waals surface area contributed by atoms with E-state index in [1.54, 1.807) is 19.9 Å². The fourth-order valence-electron chi connectivity index (χ4n) is 1.95. The summed E-state index contributed by atoms with van der Waals surface area (Å²) in [5, 5.41) is 9.06. The van der Waals surface area contributed by atoms with Crippen molar-refractivity contribution in [1.29, 1.82) is 0 Å². The van der Waals surface area contributed by atoms with Crippen LogP contribution in [0.1, 0.15) is 21.7 Å². The van der Waals surface area contributed by atoms with Crippen molar-refractivity contribution in [2.45, 2.75) is 18.7 Å². The largest absolute Gasteiger partial charge is 0.475 e. The van der Waals surface area contributed by atoms with E-state index in [-0.39, 0.29) is 21.6 Å². The summed E-state index contributed by atoms with van der Waals surface area (Å²) in [7, 11) is 1.40. The summed E-state index contributed by atoms with van der Waals surface area (Å²) in [5.74, 6) is -1.58. The van der Waals surface area contributed by atoms with Gasteiger partial charge < -0.3 is 9.52 Å². The van der Waals surface area contributed by atoms with Crippen LogP contribution < -0.4 is 0 Å². The number of benzene rings is 1. The minimum absolute atomic E-state index is 0.110. The molecule has 18 heavy (non-hydrogen) atoms. The van der Waals surface area contributed by atoms with Crippen LogP contribution in [0.3, 0.4) is 0 Å². The van der Waals surface area contributed by atoms with E-state index < -0.39 is 15.0 Å². The van der Waals surface area contributed by atoms with E-state index in [1.165, 1.54) is 6.07 Å². The molecule has 0 saturated carbocycles. The molecule has 0 aliphatic carbocycles. The zero-order chi connectivity index (χ0) is 13.7. The fourth-order valence-corrected chi connectivity index (χ4v) is 3.42. The van der Waals surface area contributed by atoms with Crippen molar-refractivity contribution in [1.82, 2.24) is 0 Å². The van der Waals surface area contributed by atoms with Crippen molar-refractivity contribution in [3.8, 4) is 0 Å². The molecule has 2 aromatic rings. The highest BCUT2D eigenvalue weighted by molar-refractivity contribution is 8.14. The van der Waals surface area contributed by atoms with Gasteiger partial charge in [0, 0.05) is 22.1 Å². The first-order valence-electron chi connectivity index (χ1n) is 4.93. The van der Waals surface area contributed by atoms with Gasteiger partial charge in [-0.15, -0.1) is 0 Å². The van der Waals surface area contributed by atoms with Crippen LogP contribution >= 0.6 is 10.7 Å². The van der Waals surface area contributed by atoms with Crippen molar-refractivity contribution in [2.24, 2.45) is 0 Å². The Bertz CT molecular complexity index is 757. The van der Waals surface area contributed by atoms with Gasteiger partial charge in [0.1, 0.15) is 5.58 Å². The predicted molar refractivity (Wildman–Crippen MR) is 65.7 cm³/mol. The summed E-state index contributed by atoms with van der Waals surface area (Å²) in [6, 6.07) is 2.76. The number of aryl methyl sites for hydroxylation is 2. The zero-order valence-electron chi connectivity index (χ0n) is 9.52. The van der Waals surface area contributed by atoms with Crippen LogP contribution in [0.25, 0.3) is 11.0 Å². The van der Waals surface area contributed by atoms with Crippen LogP contribution in [0.15, 0.2) is 21.4 Å². The molecule has 0 amide bonds. The van der Waals surface area contributed by atoms with Gasteiger partial charge in [-0.2, -0.15) is 0 Å². The SMILES string of the molecule is Cc1cc(C)c2oc(C(=O)O)cc2c1S(=O)(=O)Cl. The Balaban J connectivity index is 2.99. The molecule has 1 N–H and O–H groups in total. The van der Waals surface area contributed by atoms with Crippen molar-refractivity contribution >= 4 is 36.7 Å². The lowest BCUT2D eigenvalue weighted by Gasteiger charge is -2.05. The smallest absolute Gasteiger partial charge is 0.371 e. The van der Waals surface area contributed by atoms with Crippen molar-refractivity contribution in [3.63, 3.8) is 0 Å². The first-order chi connectivity index (χ1) is 8.21. The minimum atomic E-state index is -3.97. The number of aromatic carboxylic acids is 1. The number of carbonyl (C=O) groups is 1. The van der Waals surface area contributed by atoms with E-state index in [0.29, 0.717) is 11.1 Å². The average molecular weight is 289 g/mol. The molecular weight excluding hydrogens is 280 g/mol. The van der Waals surface area contributed by atoms with Gasteiger partial charge in [0.15, 0.2) is 0 Å². The number of halogens is 1. The number of hydrogen-bond donors (Lipinski definition) is 1. The highest BCUT2D eigenvalue weighted by Crippen LogP contribution is 2.33. The summed E-state index contributed by atoms with van der Waals surface area (Å²) in [6.07, 6.45) is 0. The van der Waals surface area contributed by atoms with Crippen LogP contribution in [-0.2, 0) is 9.05 Å². The molecule has 0 atom stereocenters. The Morgan fingerprint density at radius 1 is 1.28 bits per heavy atom. The number of carboxylic acids is 1. The summed E-state index contributed by atoms with van der Waals surface area (Å²) >= 11 is 0. The average Bonchev–Trinajstić information content (AvgIpc) is 2.59. The van der Waals surface area contributed by atoms with Gasteiger partial charge >= 0.3 is 5.97 Å². The number of hydrogen-bond acceptors (Lipinski definition) is 4. The van der Waals surface area contributed by atoms with E-state index in [0.717, 1.165) is 0 Å². The topological polar surface area (TPSA) is 84.6 Å². The molecule has 1 aromatic heterocycles. The quantitative estimate of drug-likeness (QED) is 0.859.